The molecule has 0 aliphatic carbocycles. The fraction of sp³-hybridized carbons (Fsp3) is 0.944. The van der Waals surface area contributed by atoms with Crippen LogP contribution in [0.15, 0.2) is 0 Å². The zero-order chi connectivity index (χ0) is 43.8. The highest BCUT2D eigenvalue weighted by Crippen LogP contribution is 2.18. The quantitative estimate of drug-likeness (QED) is 0.0345. The predicted octanol–water partition coefficient (Wildman–Crippen LogP) is 17.5. The van der Waals surface area contributed by atoms with Gasteiger partial charge in [-0.3, -0.25) is 14.4 Å². The lowest BCUT2D eigenvalue weighted by molar-refractivity contribution is -0.167. The third-order valence-electron chi connectivity index (χ3n) is 12.7. The summed E-state index contributed by atoms with van der Waals surface area (Å²) < 4.78 is 16.8. The Morgan fingerprint density at radius 1 is 0.333 bits per heavy atom. The summed E-state index contributed by atoms with van der Waals surface area (Å²) in [5.41, 5.74) is 0. The van der Waals surface area contributed by atoms with Crippen LogP contribution in [-0.4, -0.2) is 37.2 Å². The molecule has 0 aromatic heterocycles. The minimum atomic E-state index is -0.761. The van der Waals surface area contributed by atoms with Crippen LogP contribution in [0, 0.1) is 5.92 Å². The van der Waals surface area contributed by atoms with Crippen LogP contribution in [0.1, 0.15) is 304 Å². The summed E-state index contributed by atoms with van der Waals surface area (Å²) >= 11 is 0. The Morgan fingerprint density at radius 2 is 0.583 bits per heavy atom. The van der Waals surface area contributed by atoms with Gasteiger partial charge in [-0.25, -0.2) is 0 Å². The highest BCUT2D eigenvalue weighted by Gasteiger charge is 2.19. The summed E-state index contributed by atoms with van der Waals surface area (Å²) in [6, 6.07) is 0. The zero-order valence-corrected chi connectivity index (χ0v) is 40.9. The lowest BCUT2D eigenvalue weighted by atomic mass is 9.99. The van der Waals surface area contributed by atoms with Crippen molar-refractivity contribution in [3.8, 4) is 0 Å². The maximum absolute atomic E-state index is 12.8. The maximum Gasteiger partial charge on any atom is 0.306 e. The molecule has 356 valence electrons. The molecule has 2 atom stereocenters. The van der Waals surface area contributed by atoms with E-state index in [1.165, 1.54) is 199 Å². The molecule has 6 nitrogen and oxygen atoms in total. The van der Waals surface area contributed by atoms with Crippen molar-refractivity contribution in [2.75, 3.05) is 13.2 Å². The zero-order valence-electron chi connectivity index (χ0n) is 40.9. The van der Waals surface area contributed by atoms with Crippen LogP contribution < -0.4 is 0 Å². The van der Waals surface area contributed by atoms with Crippen LogP contribution in [0.2, 0.25) is 0 Å². The number of unbranched alkanes of at least 4 members (excludes halogenated alkanes) is 35. The Bertz CT molecular complexity index is 905. The Morgan fingerprint density at radius 3 is 0.867 bits per heavy atom. The minimum Gasteiger partial charge on any atom is -0.462 e. The number of carbonyl (C=O) groups excluding carboxylic acids is 3. The van der Waals surface area contributed by atoms with Crippen LogP contribution in [0.25, 0.3) is 0 Å². The Kier molecular flexibility index (Phi) is 47.2. The van der Waals surface area contributed by atoms with Crippen LogP contribution in [0.4, 0.5) is 0 Å². The summed E-state index contributed by atoms with van der Waals surface area (Å²) in [5.74, 6) is 0.00545. The van der Waals surface area contributed by atoms with Crippen molar-refractivity contribution in [2.24, 2.45) is 5.92 Å². The van der Waals surface area contributed by atoms with Crippen LogP contribution in [-0.2, 0) is 28.6 Å². The Labute approximate surface area is 374 Å². The number of carbonyl (C=O) groups is 3. The van der Waals surface area contributed by atoms with Crippen molar-refractivity contribution in [2.45, 2.75) is 310 Å². The second-order valence-corrected chi connectivity index (χ2v) is 18.8. The average molecular weight is 849 g/mol. The topological polar surface area (TPSA) is 78.9 Å². The third-order valence-corrected chi connectivity index (χ3v) is 12.7. The van der Waals surface area contributed by atoms with E-state index in [2.05, 4.69) is 27.7 Å². The minimum absolute atomic E-state index is 0.0627. The molecule has 0 saturated heterocycles. The molecule has 0 fully saturated rings. The van der Waals surface area contributed by atoms with Crippen LogP contribution in [0.3, 0.4) is 0 Å². The molecular formula is C54H104O6. The molecule has 0 aromatic rings. The Balaban J connectivity index is 4.31. The van der Waals surface area contributed by atoms with Gasteiger partial charge in [0.15, 0.2) is 6.10 Å². The number of ether oxygens (including phenoxy) is 3. The molecule has 0 amide bonds. The normalized spacial score (nSPS) is 12.4. The first-order valence-electron chi connectivity index (χ1n) is 26.9. The van der Waals surface area contributed by atoms with Gasteiger partial charge in [-0.1, -0.05) is 265 Å². The van der Waals surface area contributed by atoms with Crippen molar-refractivity contribution >= 4 is 17.9 Å². The van der Waals surface area contributed by atoms with E-state index in [1.807, 2.05) is 0 Å². The van der Waals surface area contributed by atoms with Gasteiger partial charge >= 0.3 is 17.9 Å². The molecule has 0 aromatic carbocycles. The molecule has 0 saturated carbocycles. The van der Waals surface area contributed by atoms with Gasteiger partial charge in [-0.15, -0.1) is 0 Å². The van der Waals surface area contributed by atoms with Gasteiger partial charge in [0.05, 0.1) is 0 Å². The first-order chi connectivity index (χ1) is 29.4. The first-order valence-corrected chi connectivity index (χ1v) is 26.9. The second kappa shape index (κ2) is 48.4. The molecular weight excluding hydrogens is 745 g/mol. The van der Waals surface area contributed by atoms with Crippen molar-refractivity contribution in [1.29, 1.82) is 0 Å². The van der Waals surface area contributed by atoms with E-state index in [0.717, 1.165) is 63.7 Å². The second-order valence-electron chi connectivity index (χ2n) is 18.8. The van der Waals surface area contributed by atoms with Crippen LogP contribution in [0.5, 0.6) is 0 Å². The van der Waals surface area contributed by atoms with E-state index >= 15 is 0 Å². The van der Waals surface area contributed by atoms with Gasteiger partial charge in [0, 0.05) is 19.3 Å². The van der Waals surface area contributed by atoms with Gasteiger partial charge in [0.1, 0.15) is 13.2 Å². The van der Waals surface area contributed by atoms with Crippen LogP contribution >= 0.6 is 0 Å². The summed E-state index contributed by atoms with van der Waals surface area (Å²) in [6.07, 6.45) is 50.8. The van der Waals surface area contributed by atoms with E-state index in [9.17, 15) is 14.4 Å². The molecule has 1 unspecified atom stereocenters. The Hall–Kier alpha value is -1.59. The lowest BCUT2D eigenvalue weighted by Gasteiger charge is -2.18. The molecule has 60 heavy (non-hydrogen) atoms. The standard InChI is InChI=1S/C54H104O6/c1-5-8-10-12-14-16-18-20-22-23-25-27-29-35-39-43-47-54(57)60-51(49-59-53(56)46-42-38-34-31-30-32-36-40-44-50(4)7-3)48-58-52(55)45-41-37-33-28-26-24-21-19-17-15-13-11-9-6-2/h50-51H,5-49H2,1-4H3/t50?,51-/m1/s1. The fourth-order valence-electron chi connectivity index (χ4n) is 8.19. The molecule has 0 radical (unpaired) electrons. The van der Waals surface area contributed by atoms with Gasteiger partial charge in [0.25, 0.3) is 0 Å². The summed E-state index contributed by atoms with van der Waals surface area (Å²) in [7, 11) is 0. The van der Waals surface area contributed by atoms with Gasteiger partial charge in [-0.2, -0.15) is 0 Å². The average Bonchev–Trinajstić information content (AvgIpc) is 3.25. The van der Waals surface area contributed by atoms with Crippen molar-refractivity contribution in [3.05, 3.63) is 0 Å². The molecule has 0 heterocycles. The molecule has 0 bridgehead atoms. The summed E-state index contributed by atoms with van der Waals surface area (Å²) in [5, 5.41) is 0. The fourth-order valence-corrected chi connectivity index (χ4v) is 8.19. The number of rotatable bonds is 49. The van der Waals surface area contributed by atoms with E-state index in [0.29, 0.717) is 19.3 Å². The van der Waals surface area contributed by atoms with Crippen molar-refractivity contribution in [3.63, 3.8) is 0 Å². The van der Waals surface area contributed by atoms with Crippen molar-refractivity contribution < 1.29 is 28.6 Å². The summed E-state index contributed by atoms with van der Waals surface area (Å²) in [6.45, 7) is 9.04. The molecule has 0 rings (SSSR count). The number of hydrogen-bond donors (Lipinski definition) is 0. The maximum atomic E-state index is 12.8. The van der Waals surface area contributed by atoms with E-state index in [1.54, 1.807) is 0 Å². The SMILES string of the molecule is CCCCCCCCCCCCCCCCCCC(=O)O[C@H](COC(=O)CCCCCCCCCCCCCCCC)COC(=O)CCCCCCCCCCC(C)CC. The van der Waals surface area contributed by atoms with Crippen molar-refractivity contribution in [1.82, 2.24) is 0 Å². The highest BCUT2D eigenvalue weighted by molar-refractivity contribution is 5.71. The molecule has 6 heteroatoms. The largest absolute Gasteiger partial charge is 0.462 e. The first kappa shape index (κ1) is 58.4. The summed E-state index contributed by atoms with van der Waals surface area (Å²) in [4.78, 5) is 38.0. The van der Waals surface area contributed by atoms with Gasteiger partial charge in [-0.05, 0) is 25.2 Å². The molecule has 0 aliphatic heterocycles. The molecule has 0 spiro atoms. The highest BCUT2D eigenvalue weighted by atomic mass is 16.6. The van der Waals surface area contributed by atoms with Gasteiger partial charge < -0.3 is 14.2 Å². The van der Waals surface area contributed by atoms with E-state index < -0.39 is 6.10 Å². The number of esters is 3. The predicted molar refractivity (Wildman–Crippen MR) is 257 cm³/mol. The van der Waals surface area contributed by atoms with E-state index in [4.69, 9.17) is 14.2 Å². The molecule has 0 aliphatic rings. The van der Waals surface area contributed by atoms with Gasteiger partial charge in [0.2, 0.25) is 0 Å². The lowest BCUT2D eigenvalue weighted by Crippen LogP contribution is -2.30. The van der Waals surface area contributed by atoms with E-state index in [-0.39, 0.29) is 31.1 Å². The third kappa shape index (κ3) is 45.9. The monoisotopic (exact) mass is 849 g/mol. The molecule has 0 N–H and O–H groups in total. The smallest absolute Gasteiger partial charge is 0.306 e. The number of hydrogen-bond acceptors (Lipinski definition) is 6.